The van der Waals surface area contributed by atoms with Crippen LogP contribution < -0.4 is 9.78 Å². The minimum absolute atomic E-state index is 0.783. The van der Waals surface area contributed by atoms with Crippen molar-refractivity contribution in [3.8, 4) is 11.5 Å². The van der Waals surface area contributed by atoms with E-state index in [9.17, 15) is 0 Å². The second kappa shape index (κ2) is 6.10. The molecule has 0 radical (unpaired) electrons. The summed E-state index contributed by atoms with van der Waals surface area (Å²) in [6.07, 6.45) is 1.85. The average molecular weight is 242 g/mol. The van der Waals surface area contributed by atoms with Crippen molar-refractivity contribution in [2.45, 2.75) is 26.7 Å². The Labute approximate surface area is 108 Å². The van der Waals surface area contributed by atoms with Gasteiger partial charge in [0.15, 0.2) is 11.5 Å². The van der Waals surface area contributed by atoms with Gasteiger partial charge < -0.3 is 0 Å². The van der Waals surface area contributed by atoms with Crippen LogP contribution in [0.4, 0.5) is 0 Å². The summed E-state index contributed by atoms with van der Waals surface area (Å²) in [7, 11) is 0. The largest absolute Gasteiger partial charge is 0.290 e. The van der Waals surface area contributed by atoms with E-state index in [1.54, 1.807) is 0 Å². The van der Waals surface area contributed by atoms with Gasteiger partial charge in [0, 0.05) is 0 Å². The zero-order valence-electron chi connectivity index (χ0n) is 10.8. The van der Waals surface area contributed by atoms with Gasteiger partial charge in [-0.2, -0.15) is 0 Å². The van der Waals surface area contributed by atoms with Gasteiger partial charge in [0.05, 0.1) is 0 Å². The Bertz CT molecular complexity index is 458. The Morgan fingerprint density at radius 1 is 0.667 bits per heavy atom. The van der Waals surface area contributed by atoms with Crippen LogP contribution in [0.5, 0.6) is 11.5 Å². The molecule has 94 valence electrons. The van der Waals surface area contributed by atoms with E-state index >= 15 is 0 Å². The summed E-state index contributed by atoms with van der Waals surface area (Å²) in [5.41, 5.74) is 2.29. The SMILES string of the molecule is CCc1ccccc1OOc1ccccc1CC. The fourth-order valence-electron chi connectivity index (χ4n) is 1.84. The van der Waals surface area contributed by atoms with E-state index in [4.69, 9.17) is 9.78 Å². The van der Waals surface area contributed by atoms with Gasteiger partial charge in [-0.3, -0.25) is 9.78 Å². The first-order chi connectivity index (χ1) is 8.85. The lowest BCUT2D eigenvalue weighted by Gasteiger charge is -2.11. The van der Waals surface area contributed by atoms with Crippen LogP contribution in [0.25, 0.3) is 0 Å². The van der Waals surface area contributed by atoms with E-state index in [2.05, 4.69) is 13.8 Å². The third kappa shape index (κ3) is 2.83. The monoisotopic (exact) mass is 242 g/mol. The molecule has 0 unspecified atom stereocenters. The highest BCUT2D eigenvalue weighted by atomic mass is 17.2. The molecule has 0 aromatic heterocycles. The molecule has 0 fully saturated rings. The Morgan fingerprint density at radius 2 is 1.06 bits per heavy atom. The minimum Gasteiger partial charge on any atom is -0.290 e. The third-order valence-electron chi connectivity index (χ3n) is 2.93. The van der Waals surface area contributed by atoms with Crippen LogP contribution in [0, 0.1) is 0 Å². The Morgan fingerprint density at radius 3 is 1.44 bits per heavy atom. The first-order valence-electron chi connectivity index (χ1n) is 6.35. The van der Waals surface area contributed by atoms with Gasteiger partial charge >= 0.3 is 0 Å². The van der Waals surface area contributed by atoms with Crippen molar-refractivity contribution in [1.29, 1.82) is 0 Å². The maximum absolute atomic E-state index is 5.46. The van der Waals surface area contributed by atoms with Crippen LogP contribution >= 0.6 is 0 Å². The number of hydrogen-bond donors (Lipinski definition) is 0. The summed E-state index contributed by atoms with van der Waals surface area (Å²) in [5.74, 6) is 1.57. The molecule has 0 aliphatic heterocycles. The third-order valence-corrected chi connectivity index (χ3v) is 2.93. The van der Waals surface area contributed by atoms with Crippen molar-refractivity contribution in [2.24, 2.45) is 0 Å². The lowest BCUT2D eigenvalue weighted by Crippen LogP contribution is -2.04. The van der Waals surface area contributed by atoms with Gasteiger partial charge in [-0.15, -0.1) is 0 Å². The van der Waals surface area contributed by atoms with E-state index in [-0.39, 0.29) is 0 Å². The molecule has 0 aliphatic rings. The Kier molecular flexibility index (Phi) is 4.24. The van der Waals surface area contributed by atoms with Gasteiger partial charge in [0.1, 0.15) is 0 Å². The summed E-state index contributed by atoms with van der Waals surface area (Å²) in [5, 5.41) is 0. The molecule has 2 nitrogen and oxygen atoms in total. The van der Waals surface area contributed by atoms with Crippen molar-refractivity contribution in [2.75, 3.05) is 0 Å². The molecule has 2 heteroatoms. The molecular weight excluding hydrogens is 224 g/mol. The van der Waals surface area contributed by atoms with E-state index in [0.717, 1.165) is 35.5 Å². The Hall–Kier alpha value is -1.96. The highest BCUT2D eigenvalue weighted by Crippen LogP contribution is 2.22. The fourth-order valence-corrected chi connectivity index (χ4v) is 1.84. The second-order valence-electron chi connectivity index (χ2n) is 4.09. The average Bonchev–Trinajstić information content (AvgIpc) is 2.45. The van der Waals surface area contributed by atoms with Crippen LogP contribution in [-0.4, -0.2) is 0 Å². The molecule has 18 heavy (non-hydrogen) atoms. The van der Waals surface area contributed by atoms with E-state index in [0.29, 0.717) is 0 Å². The molecular formula is C16H18O2. The van der Waals surface area contributed by atoms with E-state index < -0.39 is 0 Å². The topological polar surface area (TPSA) is 18.5 Å². The number of hydrogen-bond acceptors (Lipinski definition) is 2. The minimum atomic E-state index is 0.783. The Balaban J connectivity index is 2.11. The molecule has 0 heterocycles. The highest BCUT2D eigenvalue weighted by molar-refractivity contribution is 5.35. The van der Waals surface area contributed by atoms with Gasteiger partial charge in [-0.25, -0.2) is 0 Å². The standard InChI is InChI=1S/C16H18O2/c1-3-13-9-5-7-11-15(13)17-18-16-12-8-6-10-14(16)4-2/h5-12H,3-4H2,1-2H3. The zero-order chi connectivity index (χ0) is 12.8. The van der Waals surface area contributed by atoms with Crippen LogP contribution in [0.2, 0.25) is 0 Å². The van der Waals surface area contributed by atoms with Gasteiger partial charge in [0.2, 0.25) is 0 Å². The van der Waals surface area contributed by atoms with Crippen LogP contribution in [0.3, 0.4) is 0 Å². The number of rotatable bonds is 5. The number of para-hydroxylation sites is 2. The van der Waals surface area contributed by atoms with Crippen LogP contribution in [-0.2, 0) is 12.8 Å². The molecule has 0 N–H and O–H groups in total. The summed E-state index contributed by atoms with van der Waals surface area (Å²) >= 11 is 0. The normalized spacial score (nSPS) is 10.1. The lowest BCUT2D eigenvalue weighted by molar-refractivity contribution is -0.101. The van der Waals surface area contributed by atoms with Gasteiger partial charge in [0.25, 0.3) is 0 Å². The second-order valence-corrected chi connectivity index (χ2v) is 4.09. The van der Waals surface area contributed by atoms with Crippen molar-refractivity contribution >= 4 is 0 Å². The van der Waals surface area contributed by atoms with Crippen LogP contribution in [0.1, 0.15) is 25.0 Å². The molecule has 0 bridgehead atoms. The summed E-state index contributed by atoms with van der Waals surface area (Å²) < 4.78 is 0. The first kappa shape index (κ1) is 12.5. The summed E-state index contributed by atoms with van der Waals surface area (Å²) in [6.45, 7) is 4.20. The van der Waals surface area contributed by atoms with Gasteiger partial charge in [-0.1, -0.05) is 50.2 Å². The number of aryl methyl sites for hydroxylation is 2. The lowest BCUT2D eigenvalue weighted by atomic mass is 10.1. The zero-order valence-corrected chi connectivity index (χ0v) is 10.8. The predicted octanol–water partition coefficient (Wildman–Crippen LogP) is 4.18. The number of benzene rings is 2. The van der Waals surface area contributed by atoms with Crippen molar-refractivity contribution in [3.63, 3.8) is 0 Å². The molecule has 0 saturated carbocycles. The van der Waals surface area contributed by atoms with Crippen molar-refractivity contribution < 1.29 is 9.78 Å². The quantitative estimate of drug-likeness (QED) is 0.578. The van der Waals surface area contributed by atoms with Crippen LogP contribution in [0.15, 0.2) is 48.5 Å². The molecule has 2 aromatic rings. The maximum atomic E-state index is 5.46. The molecule has 0 aliphatic carbocycles. The molecule has 2 rings (SSSR count). The predicted molar refractivity (Wildman–Crippen MR) is 72.9 cm³/mol. The summed E-state index contributed by atoms with van der Waals surface area (Å²) in [4.78, 5) is 10.9. The summed E-state index contributed by atoms with van der Waals surface area (Å²) in [6, 6.07) is 15.8. The molecule has 2 aromatic carbocycles. The molecule has 0 amide bonds. The van der Waals surface area contributed by atoms with E-state index in [1.807, 2.05) is 48.5 Å². The maximum Gasteiger partial charge on any atom is 0.181 e. The smallest absolute Gasteiger partial charge is 0.181 e. The molecule has 0 saturated heterocycles. The van der Waals surface area contributed by atoms with E-state index in [1.165, 1.54) is 0 Å². The molecule has 0 atom stereocenters. The van der Waals surface area contributed by atoms with Gasteiger partial charge in [-0.05, 0) is 36.1 Å². The first-order valence-corrected chi connectivity index (χ1v) is 6.35. The van der Waals surface area contributed by atoms with Crippen molar-refractivity contribution in [3.05, 3.63) is 59.7 Å². The van der Waals surface area contributed by atoms with Crippen molar-refractivity contribution in [1.82, 2.24) is 0 Å². The highest BCUT2D eigenvalue weighted by Gasteiger charge is 2.05. The molecule has 0 spiro atoms. The fraction of sp³-hybridized carbons (Fsp3) is 0.250.